The highest BCUT2D eigenvalue weighted by atomic mass is 16.6. The van der Waals surface area contributed by atoms with Crippen molar-refractivity contribution >= 4 is 23.9 Å². The van der Waals surface area contributed by atoms with Gasteiger partial charge in [-0.1, -0.05) is 48.5 Å². The summed E-state index contributed by atoms with van der Waals surface area (Å²) in [5, 5.41) is 10.4. The van der Waals surface area contributed by atoms with Crippen LogP contribution in [0.3, 0.4) is 0 Å². The van der Waals surface area contributed by atoms with Crippen molar-refractivity contribution in [3.63, 3.8) is 0 Å². The lowest BCUT2D eigenvalue weighted by atomic mass is 9.50. The molecule has 0 radical (unpaired) electrons. The minimum Gasteiger partial charge on any atom is -0.481 e. The Labute approximate surface area is 202 Å². The third kappa shape index (κ3) is 5.62. The van der Waals surface area contributed by atoms with Gasteiger partial charge in [-0.2, -0.15) is 0 Å². The summed E-state index contributed by atoms with van der Waals surface area (Å²) in [6, 6.07) is 0. The van der Waals surface area contributed by atoms with Crippen molar-refractivity contribution in [1.29, 1.82) is 0 Å². The van der Waals surface area contributed by atoms with E-state index in [1.54, 1.807) is 20.8 Å². The number of hydrogen-bond acceptors (Lipinski definition) is 8. The number of carboxylic acids is 1. The van der Waals surface area contributed by atoms with E-state index < -0.39 is 63.5 Å². The molecule has 1 aliphatic rings. The second kappa shape index (κ2) is 10.7. The standard InChI is InChI=1S/C25H42O9/c1-11-33-16(26)13-25(14-31-9,21(29)30)24(7,8)23(5,6)12-15(32-10)17-18(22(2,3)4)20(28)34-19(17)27/h15,17-18H,11-14H2,1-10H3,(H,29,30). The Bertz CT molecular complexity index is 778. The van der Waals surface area contributed by atoms with Crippen molar-refractivity contribution in [3.05, 3.63) is 0 Å². The van der Waals surface area contributed by atoms with E-state index in [0.717, 1.165) is 0 Å². The minimum atomic E-state index is -1.62. The smallest absolute Gasteiger partial charge is 0.320 e. The molecule has 0 aromatic carbocycles. The van der Waals surface area contributed by atoms with Crippen LogP contribution in [0.1, 0.15) is 68.2 Å². The van der Waals surface area contributed by atoms with Crippen LogP contribution in [0.15, 0.2) is 0 Å². The van der Waals surface area contributed by atoms with Gasteiger partial charge in [0.2, 0.25) is 0 Å². The summed E-state index contributed by atoms with van der Waals surface area (Å²) in [4.78, 5) is 50.4. The molecule has 1 heterocycles. The summed E-state index contributed by atoms with van der Waals surface area (Å²) in [5.74, 6) is -4.57. The van der Waals surface area contributed by atoms with Crippen LogP contribution in [0, 0.1) is 33.5 Å². The summed E-state index contributed by atoms with van der Waals surface area (Å²) >= 11 is 0. The number of methoxy groups -OCH3 is 2. The Morgan fingerprint density at radius 1 is 1.03 bits per heavy atom. The van der Waals surface area contributed by atoms with Crippen LogP contribution in [0.5, 0.6) is 0 Å². The third-order valence-corrected chi connectivity index (χ3v) is 7.87. The highest BCUT2D eigenvalue weighted by molar-refractivity contribution is 5.97. The zero-order valence-corrected chi connectivity index (χ0v) is 22.3. The lowest BCUT2D eigenvalue weighted by Gasteiger charge is -2.53. The molecule has 0 amide bonds. The molecule has 1 fully saturated rings. The molecule has 1 aliphatic heterocycles. The Kier molecular flexibility index (Phi) is 9.47. The molecule has 0 aliphatic carbocycles. The van der Waals surface area contributed by atoms with E-state index in [0.29, 0.717) is 0 Å². The molecule has 4 atom stereocenters. The first-order valence-corrected chi connectivity index (χ1v) is 11.6. The predicted molar refractivity (Wildman–Crippen MR) is 124 cm³/mol. The van der Waals surface area contributed by atoms with Gasteiger partial charge in [-0.25, -0.2) is 0 Å². The molecule has 0 saturated carbocycles. The number of esters is 3. The first kappa shape index (κ1) is 30.0. The van der Waals surface area contributed by atoms with Crippen LogP contribution in [0.25, 0.3) is 0 Å². The molecule has 0 aromatic heterocycles. The van der Waals surface area contributed by atoms with E-state index in [1.165, 1.54) is 14.2 Å². The maximum Gasteiger partial charge on any atom is 0.320 e. The largest absolute Gasteiger partial charge is 0.481 e. The summed E-state index contributed by atoms with van der Waals surface area (Å²) in [6.07, 6.45) is -0.862. The van der Waals surface area contributed by atoms with Crippen LogP contribution in [-0.2, 0) is 38.1 Å². The van der Waals surface area contributed by atoms with Crippen molar-refractivity contribution in [2.45, 2.75) is 74.3 Å². The van der Waals surface area contributed by atoms with Gasteiger partial charge in [0.1, 0.15) is 5.41 Å². The Balaban J connectivity index is 3.49. The molecule has 1 rings (SSSR count). The van der Waals surface area contributed by atoms with Gasteiger partial charge in [0.15, 0.2) is 0 Å². The van der Waals surface area contributed by atoms with E-state index in [2.05, 4.69) is 0 Å². The number of carbonyl (C=O) groups is 4. The monoisotopic (exact) mass is 486 g/mol. The highest BCUT2D eigenvalue weighted by Crippen LogP contribution is 2.57. The Morgan fingerprint density at radius 3 is 2.00 bits per heavy atom. The Morgan fingerprint density at radius 2 is 1.59 bits per heavy atom. The zero-order valence-electron chi connectivity index (χ0n) is 22.3. The normalized spacial score (nSPS) is 22.2. The maximum absolute atomic E-state index is 12.7. The van der Waals surface area contributed by atoms with Crippen molar-refractivity contribution < 1.29 is 43.2 Å². The van der Waals surface area contributed by atoms with Crippen molar-refractivity contribution in [2.75, 3.05) is 27.4 Å². The number of rotatable bonds is 12. The molecule has 0 bridgehead atoms. The Hall–Kier alpha value is -2.00. The second-order valence-corrected chi connectivity index (χ2v) is 11.4. The van der Waals surface area contributed by atoms with Crippen molar-refractivity contribution in [2.24, 2.45) is 33.5 Å². The molecule has 1 N–H and O–H groups in total. The van der Waals surface area contributed by atoms with Crippen LogP contribution >= 0.6 is 0 Å². The molecule has 1 saturated heterocycles. The van der Waals surface area contributed by atoms with Gasteiger partial charge >= 0.3 is 23.9 Å². The number of ether oxygens (including phenoxy) is 4. The molecular formula is C25H42O9. The summed E-state index contributed by atoms with van der Waals surface area (Å²) in [6.45, 7) is 14.4. The number of carbonyl (C=O) groups excluding carboxylic acids is 3. The van der Waals surface area contributed by atoms with Gasteiger partial charge in [0.25, 0.3) is 0 Å². The van der Waals surface area contributed by atoms with Crippen LogP contribution in [0.4, 0.5) is 0 Å². The fraction of sp³-hybridized carbons (Fsp3) is 0.840. The molecule has 196 valence electrons. The van der Waals surface area contributed by atoms with E-state index in [-0.39, 0.29) is 26.1 Å². The topological polar surface area (TPSA) is 125 Å². The van der Waals surface area contributed by atoms with E-state index in [9.17, 15) is 24.3 Å². The van der Waals surface area contributed by atoms with Gasteiger partial charge < -0.3 is 24.1 Å². The number of carboxylic acid groups (broad SMARTS) is 1. The van der Waals surface area contributed by atoms with E-state index >= 15 is 0 Å². The summed E-state index contributed by atoms with van der Waals surface area (Å²) in [7, 11) is 2.85. The minimum absolute atomic E-state index is 0.128. The lowest BCUT2D eigenvalue weighted by Crippen LogP contribution is -2.57. The first-order valence-electron chi connectivity index (χ1n) is 11.6. The highest BCUT2D eigenvalue weighted by Gasteiger charge is 2.61. The van der Waals surface area contributed by atoms with E-state index in [4.69, 9.17) is 18.9 Å². The SMILES string of the molecule is CCOC(=O)CC(COC)(C(=O)O)C(C)(C)C(C)(C)CC(OC)C1C(=O)OC(=O)C1C(C)(C)C. The fourth-order valence-corrected chi connectivity index (χ4v) is 5.10. The van der Waals surface area contributed by atoms with Gasteiger partial charge in [-0.3, -0.25) is 19.2 Å². The maximum atomic E-state index is 12.7. The molecule has 9 heteroatoms. The molecule has 9 nitrogen and oxygen atoms in total. The molecule has 0 spiro atoms. The first-order chi connectivity index (χ1) is 15.4. The van der Waals surface area contributed by atoms with Gasteiger partial charge in [-0.05, 0) is 29.6 Å². The summed E-state index contributed by atoms with van der Waals surface area (Å²) in [5.41, 5.74) is -4.01. The number of aliphatic carboxylic acids is 1. The average molecular weight is 487 g/mol. The zero-order chi connectivity index (χ0) is 26.7. The molecule has 4 unspecified atom stereocenters. The van der Waals surface area contributed by atoms with Gasteiger partial charge in [0.05, 0.1) is 37.6 Å². The predicted octanol–water partition coefficient (Wildman–Crippen LogP) is 3.48. The van der Waals surface area contributed by atoms with Crippen LogP contribution < -0.4 is 0 Å². The van der Waals surface area contributed by atoms with Crippen LogP contribution in [-0.4, -0.2) is 62.5 Å². The molecule has 0 aromatic rings. The number of hydrogen-bond donors (Lipinski definition) is 1. The van der Waals surface area contributed by atoms with Gasteiger partial charge in [-0.15, -0.1) is 0 Å². The average Bonchev–Trinajstić information content (AvgIpc) is 2.99. The lowest BCUT2D eigenvalue weighted by molar-refractivity contribution is -0.184. The van der Waals surface area contributed by atoms with Crippen LogP contribution in [0.2, 0.25) is 0 Å². The quantitative estimate of drug-likeness (QED) is 0.326. The van der Waals surface area contributed by atoms with E-state index in [1.807, 2.05) is 34.6 Å². The van der Waals surface area contributed by atoms with Crippen molar-refractivity contribution in [1.82, 2.24) is 0 Å². The fourth-order valence-electron chi connectivity index (χ4n) is 5.10. The molecule has 34 heavy (non-hydrogen) atoms. The number of cyclic esters (lactones) is 2. The van der Waals surface area contributed by atoms with Gasteiger partial charge in [0, 0.05) is 14.2 Å². The van der Waals surface area contributed by atoms with Crippen molar-refractivity contribution in [3.8, 4) is 0 Å². The summed E-state index contributed by atoms with van der Waals surface area (Å²) < 4.78 is 21.1. The second-order valence-electron chi connectivity index (χ2n) is 11.4. The third-order valence-electron chi connectivity index (χ3n) is 7.87. The molecular weight excluding hydrogens is 444 g/mol.